The van der Waals surface area contributed by atoms with E-state index in [-0.39, 0.29) is 29.6 Å². The van der Waals surface area contributed by atoms with Crippen molar-refractivity contribution < 1.29 is 14.4 Å². The highest BCUT2D eigenvalue weighted by atomic mass is 16.2. The lowest BCUT2D eigenvalue weighted by Gasteiger charge is -2.28. The first-order valence-corrected chi connectivity index (χ1v) is 8.92. The van der Waals surface area contributed by atoms with Crippen molar-refractivity contribution in [2.45, 2.75) is 58.3 Å². The summed E-state index contributed by atoms with van der Waals surface area (Å²) < 4.78 is 0. The van der Waals surface area contributed by atoms with Gasteiger partial charge in [-0.3, -0.25) is 14.5 Å². The van der Waals surface area contributed by atoms with E-state index in [2.05, 4.69) is 0 Å². The number of amides is 2. The summed E-state index contributed by atoms with van der Waals surface area (Å²) in [6.07, 6.45) is 9.40. The molecule has 0 N–H and O–H groups in total. The average Bonchev–Trinajstić information content (AvgIpc) is 3.12. The van der Waals surface area contributed by atoms with Crippen LogP contribution in [0.3, 0.4) is 0 Å². The summed E-state index contributed by atoms with van der Waals surface area (Å²) in [4.78, 5) is 37.7. The lowest BCUT2D eigenvalue weighted by molar-refractivity contribution is -0.141. The van der Waals surface area contributed by atoms with Gasteiger partial charge in [-0.2, -0.15) is 0 Å². The third-order valence-electron chi connectivity index (χ3n) is 6.18. The van der Waals surface area contributed by atoms with Crippen LogP contribution >= 0.6 is 0 Å². The van der Waals surface area contributed by atoms with Crippen LogP contribution in [0.4, 0.5) is 0 Å². The summed E-state index contributed by atoms with van der Waals surface area (Å²) in [5.41, 5.74) is 0. The smallest absolute Gasteiger partial charge is 0.233 e. The van der Waals surface area contributed by atoms with E-state index >= 15 is 0 Å². The summed E-state index contributed by atoms with van der Waals surface area (Å²) in [6.45, 7) is 2.52. The SMILES string of the molecule is CC1C(=O)N(CC2CCC(C=O)CC2)C(=O)C1C1CCCC1. The first-order valence-electron chi connectivity index (χ1n) is 8.92. The van der Waals surface area contributed by atoms with Crippen LogP contribution in [-0.2, 0) is 14.4 Å². The summed E-state index contributed by atoms with van der Waals surface area (Å²) in [5, 5.41) is 0. The molecule has 3 aliphatic rings. The van der Waals surface area contributed by atoms with Crippen LogP contribution in [0.5, 0.6) is 0 Å². The minimum Gasteiger partial charge on any atom is -0.303 e. The zero-order chi connectivity index (χ0) is 15.7. The molecule has 0 bridgehead atoms. The molecular formula is C18H27NO3. The van der Waals surface area contributed by atoms with Crippen molar-refractivity contribution in [2.75, 3.05) is 6.54 Å². The number of hydrogen-bond donors (Lipinski definition) is 0. The van der Waals surface area contributed by atoms with Crippen LogP contribution in [0.1, 0.15) is 58.3 Å². The zero-order valence-electron chi connectivity index (χ0n) is 13.5. The predicted octanol–water partition coefficient (Wildman–Crippen LogP) is 2.80. The fourth-order valence-electron chi connectivity index (χ4n) is 4.77. The van der Waals surface area contributed by atoms with Gasteiger partial charge in [0, 0.05) is 18.4 Å². The first-order chi connectivity index (χ1) is 10.6. The lowest BCUT2D eigenvalue weighted by Crippen LogP contribution is -2.37. The molecule has 0 aromatic carbocycles. The fraction of sp³-hybridized carbons (Fsp3) is 0.833. The quantitative estimate of drug-likeness (QED) is 0.593. The minimum atomic E-state index is -0.137. The van der Waals surface area contributed by atoms with E-state index in [4.69, 9.17) is 0 Å². The van der Waals surface area contributed by atoms with E-state index in [1.54, 1.807) is 4.90 Å². The van der Waals surface area contributed by atoms with Crippen LogP contribution < -0.4 is 0 Å². The number of carbonyl (C=O) groups excluding carboxylic acids is 3. The molecule has 0 aromatic heterocycles. The highest BCUT2D eigenvalue weighted by Gasteiger charge is 2.49. The van der Waals surface area contributed by atoms with Crippen molar-refractivity contribution in [2.24, 2.45) is 29.6 Å². The minimum absolute atomic E-state index is 0.0411. The molecule has 122 valence electrons. The average molecular weight is 305 g/mol. The largest absolute Gasteiger partial charge is 0.303 e. The Morgan fingerprint density at radius 3 is 2.23 bits per heavy atom. The van der Waals surface area contributed by atoms with Crippen LogP contribution in [0, 0.1) is 29.6 Å². The Morgan fingerprint density at radius 1 is 1.00 bits per heavy atom. The van der Waals surface area contributed by atoms with E-state index in [9.17, 15) is 14.4 Å². The van der Waals surface area contributed by atoms with Gasteiger partial charge in [0.1, 0.15) is 6.29 Å². The number of hydrogen-bond acceptors (Lipinski definition) is 3. The van der Waals surface area contributed by atoms with Gasteiger partial charge in [-0.25, -0.2) is 0 Å². The van der Waals surface area contributed by atoms with Gasteiger partial charge < -0.3 is 4.79 Å². The molecule has 3 fully saturated rings. The second-order valence-electron chi connectivity index (χ2n) is 7.56. The van der Waals surface area contributed by atoms with Crippen LogP contribution in [0.15, 0.2) is 0 Å². The summed E-state index contributed by atoms with van der Waals surface area (Å²) >= 11 is 0. The second kappa shape index (κ2) is 6.51. The van der Waals surface area contributed by atoms with Crippen molar-refractivity contribution in [3.63, 3.8) is 0 Å². The lowest BCUT2D eigenvalue weighted by atomic mass is 9.82. The molecule has 0 aromatic rings. The summed E-state index contributed by atoms with van der Waals surface area (Å²) in [5.74, 6) is 0.914. The van der Waals surface area contributed by atoms with E-state index in [0.717, 1.165) is 44.8 Å². The molecule has 0 radical (unpaired) electrons. The Morgan fingerprint density at radius 2 is 1.64 bits per heavy atom. The van der Waals surface area contributed by atoms with E-state index in [1.165, 1.54) is 12.8 Å². The Kier molecular flexibility index (Phi) is 4.65. The molecule has 2 unspecified atom stereocenters. The molecule has 2 aliphatic carbocycles. The van der Waals surface area contributed by atoms with E-state index in [0.29, 0.717) is 18.4 Å². The third-order valence-corrected chi connectivity index (χ3v) is 6.18. The number of nitrogens with zero attached hydrogens (tertiary/aromatic N) is 1. The molecule has 1 saturated heterocycles. The number of rotatable bonds is 4. The summed E-state index contributed by atoms with van der Waals surface area (Å²) in [6, 6.07) is 0. The highest BCUT2D eigenvalue weighted by Crippen LogP contribution is 2.41. The van der Waals surface area contributed by atoms with Gasteiger partial charge in [0.05, 0.1) is 5.92 Å². The number of likely N-dealkylation sites (tertiary alicyclic amines) is 1. The molecule has 1 aliphatic heterocycles. The van der Waals surface area contributed by atoms with Crippen LogP contribution in [0.25, 0.3) is 0 Å². The van der Waals surface area contributed by atoms with Crippen LogP contribution in [0.2, 0.25) is 0 Å². The standard InChI is InChI=1S/C18H27NO3/c1-12-16(15-4-2-3-5-15)18(22)19(17(12)21)10-13-6-8-14(11-20)9-7-13/h11-16H,2-10H2,1H3. The number of imide groups is 1. The fourth-order valence-corrected chi connectivity index (χ4v) is 4.77. The van der Waals surface area contributed by atoms with Gasteiger partial charge in [0.15, 0.2) is 0 Å². The van der Waals surface area contributed by atoms with E-state index in [1.807, 2.05) is 6.92 Å². The predicted molar refractivity (Wildman–Crippen MR) is 82.8 cm³/mol. The first kappa shape index (κ1) is 15.7. The maximum atomic E-state index is 12.8. The Balaban J connectivity index is 1.62. The molecule has 4 heteroatoms. The third kappa shape index (κ3) is 2.84. The molecule has 2 atom stereocenters. The second-order valence-corrected chi connectivity index (χ2v) is 7.56. The Hall–Kier alpha value is -1.19. The van der Waals surface area contributed by atoms with Gasteiger partial charge in [-0.15, -0.1) is 0 Å². The molecule has 0 spiro atoms. The number of aldehydes is 1. The highest BCUT2D eigenvalue weighted by molar-refractivity contribution is 6.05. The normalized spacial score (nSPS) is 37.0. The molecule has 3 rings (SSSR count). The van der Waals surface area contributed by atoms with Gasteiger partial charge in [-0.1, -0.05) is 19.8 Å². The topological polar surface area (TPSA) is 54.5 Å². The van der Waals surface area contributed by atoms with Gasteiger partial charge >= 0.3 is 0 Å². The monoisotopic (exact) mass is 305 g/mol. The van der Waals surface area contributed by atoms with Gasteiger partial charge in [0.2, 0.25) is 11.8 Å². The molecule has 22 heavy (non-hydrogen) atoms. The van der Waals surface area contributed by atoms with E-state index < -0.39 is 0 Å². The number of carbonyl (C=O) groups is 3. The Labute approximate surface area is 132 Å². The van der Waals surface area contributed by atoms with Crippen molar-refractivity contribution in [1.82, 2.24) is 4.90 Å². The van der Waals surface area contributed by atoms with Crippen molar-refractivity contribution >= 4 is 18.1 Å². The van der Waals surface area contributed by atoms with Crippen molar-refractivity contribution in [3.05, 3.63) is 0 Å². The Bertz CT molecular complexity index is 447. The van der Waals surface area contributed by atoms with Crippen molar-refractivity contribution in [3.8, 4) is 0 Å². The maximum absolute atomic E-state index is 12.8. The molecule has 4 nitrogen and oxygen atoms in total. The van der Waals surface area contributed by atoms with Gasteiger partial charge in [0.25, 0.3) is 0 Å². The molecule has 2 saturated carbocycles. The molecular weight excluding hydrogens is 278 g/mol. The van der Waals surface area contributed by atoms with Crippen LogP contribution in [-0.4, -0.2) is 29.5 Å². The zero-order valence-corrected chi connectivity index (χ0v) is 13.5. The van der Waals surface area contributed by atoms with Crippen molar-refractivity contribution in [1.29, 1.82) is 0 Å². The molecule has 1 heterocycles. The van der Waals surface area contributed by atoms with Gasteiger partial charge in [-0.05, 0) is 50.4 Å². The maximum Gasteiger partial charge on any atom is 0.233 e. The summed E-state index contributed by atoms with van der Waals surface area (Å²) in [7, 11) is 0. The molecule has 2 amide bonds.